The molecule has 0 saturated carbocycles. The van der Waals surface area contributed by atoms with E-state index in [0.717, 1.165) is 6.42 Å². The van der Waals surface area contributed by atoms with Crippen LogP contribution >= 0.6 is 0 Å². The number of hydrogen-bond acceptors (Lipinski definition) is 2. The highest BCUT2D eigenvalue weighted by molar-refractivity contribution is 4.76. The molecule has 0 aliphatic rings. The molecule has 0 aliphatic heterocycles. The van der Waals surface area contributed by atoms with Crippen molar-refractivity contribution < 1.29 is 0 Å². The first kappa shape index (κ1) is 10.9. The predicted molar refractivity (Wildman–Crippen MR) is 50.1 cm³/mol. The second kappa shape index (κ2) is 4.73. The Morgan fingerprint density at radius 3 is 2.09 bits per heavy atom. The molecule has 0 atom stereocenters. The first-order valence-corrected chi connectivity index (χ1v) is 4.52. The highest BCUT2D eigenvalue weighted by Gasteiger charge is 2.22. The second-order valence-electron chi connectivity index (χ2n) is 3.97. The van der Waals surface area contributed by atoms with Crippen molar-refractivity contribution in [1.29, 1.82) is 0 Å². The van der Waals surface area contributed by atoms with Crippen LogP contribution in [0.5, 0.6) is 0 Å². The maximum absolute atomic E-state index is 5.63. The smallest absolute Gasteiger partial charge is 0.0573 e. The maximum Gasteiger partial charge on any atom is 0.0573 e. The SMILES string of the molecule is CCCCCC(C)(C)C(N)N. The molecule has 0 amide bonds. The van der Waals surface area contributed by atoms with Gasteiger partial charge in [-0.2, -0.15) is 0 Å². The van der Waals surface area contributed by atoms with Crippen LogP contribution in [0.2, 0.25) is 0 Å². The van der Waals surface area contributed by atoms with Crippen molar-refractivity contribution in [1.82, 2.24) is 0 Å². The summed E-state index contributed by atoms with van der Waals surface area (Å²) >= 11 is 0. The van der Waals surface area contributed by atoms with E-state index >= 15 is 0 Å². The van der Waals surface area contributed by atoms with Crippen LogP contribution < -0.4 is 11.5 Å². The molecule has 4 N–H and O–H groups in total. The summed E-state index contributed by atoms with van der Waals surface area (Å²) in [6.45, 7) is 6.47. The van der Waals surface area contributed by atoms with Gasteiger partial charge in [0, 0.05) is 0 Å². The Balaban J connectivity index is 3.55. The van der Waals surface area contributed by atoms with E-state index in [1.165, 1.54) is 19.3 Å². The molecule has 2 heteroatoms. The summed E-state index contributed by atoms with van der Waals surface area (Å²) < 4.78 is 0. The number of rotatable bonds is 5. The summed E-state index contributed by atoms with van der Waals surface area (Å²) in [5, 5.41) is 0. The van der Waals surface area contributed by atoms with Crippen LogP contribution in [0.4, 0.5) is 0 Å². The van der Waals surface area contributed by atoms with Gasteiger partial charge in [-0.3, -0.25) is 0 Å². The van der Waals surface area contributed by atoms with Gasteiger partial charge in [-0.15, -0.1) is 0 Å². The lowest BCUT2D eigenvalue weighted by molar-refractivity contribution is 0.258. The fourth-order valence-corrected chi connectivity index (χ4v) is 0.997. The minimum atomic E-state index is -0.181. The predicted octanol–water partition coefficient (Wildman–Crippen LogP) is 1.84. The van der Waals surface area contributed by atoms with Crippen LogP contribution in [-0.4, -0.2) is 6.17 Å². The van der Waals surface area contributed by atoms with Crippen LogP contribution in [0.1, 0.15) is 46.5 Å². The highest BCUT2D eigenvalue weighted by Crippen LogP contribution is 2.24. The molecule has 11 heavy (non-hydrogen) atoms. The number of nitrogens with two attached hydrogens (primary N) is 2. The molecule has 0 radical (unpaired) electrons. The summed E-state index contributed by atoms with van der Waals surface area (Å²) in [6.07, 6.45) is 4.75. The average Bonchev–Trinajstić information content (AvgIpc) is 1.88. The van der Waals surface area contributed by atoms with Crippen LogP contribution in [0.3, 0.4) is 0 Å². The molecule has 0 bridgehead atoms. The van der Waals surface area contributed by atoms with Gasteiger partial charge in [0.05, 0.1) is 6.17 Å². The summed E-state index contributed by atoms with van der Waals surface area (Å²) in [4.78, 5) is 0. The molecule has 0 heterocycles. The van der Waals surface area contributed by atoms with E-state index in [0.29, 0.717) is 0 Å². The van der Waals surface area contributed by atoms with Crippen molar-refractivity contribution in [3.05, 3.63) is 0 Å². The van der Waals surface area contributed by atoms with E-state index in [1.807, 2.05) is 0 Å². The van der Waals surface area contributed by atoms with Gasteiger partial charge in [0.15, 0.2) is 0 Å². The molecule has 68 valence electrons. The summed E-state index contributed by atoms with van der Waals surface area (Å²) in [7, 11) is 0. The molecular weight excluding hydrogens is 136 g/mol. The van der Waals surface area contributed by atoms with E-state index < -0.39 is 0 Å². The molecular formula is C9H22N2. The molecule has 0 aliphatic carbocycles. The normalized spacial score (nSPS) is 12.5. The summed E-state index contributed by atoms with van der Waals surface area (Å²) in [5.74, 6) is 0. The van der Waals surface area contributed by atoms with Crippen LogP contribution in [0.15, 0.2) is 0 Å². The molecule has 0 aromatic rings. The quantitative estimate of drug-likeness (QED) is 0.474. The molecule has 0 aromatic heterocycles. The fraction of sp³-hybridized carbons (Fsp3) is 1.00. The van der Waals surface area contributed by atoms with Gasteiger partial charge in [-0.1, -0.05) is 40.0 Å². The molecule has 0 rings (SSSR count). The molecule has 0 aromatic carbocycles. The third-order valence-electron chi connectivity index (χ3n) is 2.33. The van der Waals surface area contributed by atoms with E-state index in [2.05, 4.69) is 20.8 Å². The number of hydrogen-bond donors (Lipinski definition) is 2. The van der Waals surface area contributed by atoms with Crippen LogP contribution in [0, 0.1) is 5.41 Å². The van der Waals surface area contributed by atoms with Crippen molar-refractivity contribution >= 4 is 0 Å². The molecule has 0 spiro atoms. The third kappa shape index (κ3) is 4.38. The fourth-order valence-electron chi connectivity index (χ4n) is 0.997. The van der Waals surface area contributed by atoms with Gasteiger partial charge in [0.2, 0.25) is 0 Å². The Labute approximate surface area is 70.3 Å². The third-order valence-corrected chi connectivity index (χ3v) is 2.33. The Bertz CT molecular complexity index is 97.7. The average molecular weight is 158 g/mol. The van der Waals surface area contributed by atoms with Crippen LogP contribution in [-0.2, 0) is 0 Å². The topological polar surface area (TPSA) is 52.0 Å². The highest BCUT2D eigenvalue weighted by atomic mass is 14.9. The van der Waals surface area contributed by atoms with Crippen molar-refractivity contribution in [2.24, 2.45) is 16.9 Å². The largest absolute Gasteiger partial charge is 0.316 e. The first-order valence-electron chi connectivity index (χ1n) is 4.52. The lowest BCUT2D eigenvalue weighted by Crippen LogP contribution is -2.44. The molecule has 0 unspecified atom stereocenters. The minimum absolute atomic E-state index is 0.106. The van der Waals surface area contributed by atoms with E-state index in [9.17, 15) is 0 Å². The molecule has 0 saturated heterocycles. The first-order chi connectivity index (χ1) is 5.00. The van der Waals surface area contributed by atoms with E-state index in [4.69, 9.17) is 11.5 Å². The van der Waals surface area contributed by atoms with Gasteiger partial charge in [-0.25, -0.2) is 0 Å². The lowest BCUT2D eigenvalue weighted by Gasteiger charge is -2.28. The monoisotopic (exact) mass is 158 g/mol. The van der Waals surface area contributed by atoms with E-state index in [-0.39, 0.29) is 11.6 Å². The van der Waals surface area contributed by atoms with Crippen molar-refractivity contribution in [2.75, 3.05) is 0 Å². The second-order valence-corrected chi connectivity index (χ2v) is 3.97. The van der Waals surface area contributed by atoms with Crippen molar-refractivity contribution in [2.45, 2.75) is 52.6 Å². The van der Waals surface area contributed by atoms with Gasteiger partial charge in [0.25, 0.3) is 0 Å². The Hall–Kier alpha value is -0.0800. The van der Waals surface area contributed by atoms with Gasteiger partial charge >= 0.3 is 0 Å². The molecule has 2 nitrogen and oxygen atoms in total. The number of unbranched alkanes of at least 4 members (excludes halogenated alkanes) is 2. The standard InChI is InChI=1S/C9H22N2/c1-4-5-6-7-9(2,3)8(10)11/h8H,4-7,10-11H2,1-3H3. The Kier molecular flexibility index (Phi) is 4.69. The maximum atomic E-state index is 5.63. The van der Waals surface area contributed by atoms with Gasteiger partial charge in [0.1, 0.15) is 0 Å². The molecule has 0 fully saturated rings. The lowest BCUT2D eigenvalue weighted by atomic mass is 9.84. The van der Waals surface area contributed by atoms with Crippen LogP contribution in [0.25, 0.3) is 0 Å². The summed E-state index contributed by atoms with van der Waals surface area (Å²) in [6, 6.07) is 0. The van der Waals surface area contributed by atoms with Crippen molar-refractivity contribution in [3.8, 4) is 0 Å². The Morgan fingerprint density at radius 2 is 1.73 bits per heavy atom. The summed E-state index contributed by atoms with van der Waals surface area (Å²) in [5.41, 5.74) is 11.4. The zero-order valence-corrected chi connectivity index (χ0v) is 8.06. The van der Waals surface area contributed by atoms with Gasteiger partial charge in [-0.05, 0) is 11.8 Å². The zero-order valence-electron chi connectivity index (χ0n) is 8.06. The minimum Gasteiger partial charge on any atom is -0.316 e. The van der Waals surface area contributed by atoms with Gasteiger partial charge < -0.3 is 11.5 Å². The Morgan fingerprint density at radius 1 is 1.18 bits per heavy atom. The van der Waals surface area contributed by atoms with E-state index in [1.54, 1.807) is 0 Å². The van der Waals surface area contributed by atoms with Crippen molar-refractivity contribution in [3.63, 3.8) is 0 Å². The zero-order chi connectivity index (χ0) is 8.91.